The van der Waals surface area contributed by atoms with Gasteiger partial charge < -0.3 is 24.9 Å². The second kappa shape index (κ2) is 9.21. The van der Waals surface area contributed by atoms with E-state index >= 15 is 0 Å². The zero-order chi connectivity index (χ0) is 19.1. The summed E-state index contributed by atoms with van der Waals surface area (Å²) < 4.78 is 10.9. The minimum absolute atomic E-state index is 0.152. The van der Waals surface area contributed by atoms with Crippen LogP contribution in [0.25, 0.3) is 10.9 Å². The van der Waals surface area contributed by atoms with Gasteiger partial charge in [0.1, 0.15) is 24.2 Å². The molecule has 0 amide bonds. The predicted molar refractivity (Wildman–Crippen MR) is 106 cm³/mol. The molecule has 6 nitrogen and oxygen atoms in total. The fraction of sp³-hybridized carbons (Fsp3) is 0.286. The van der Waals surface area contributed by atoms with Crippen LogP contribution >= 0.6 is 0 Å². The maximum Gasteiger partial charge on any atom is 0.248 e. The Balaban J connectivity index is 1.43. The Bertz CT molecular complexity index is 921. The first-order chi connectivity index (χ1) is 13.2. The SMILES string of the molecule is COc1ccc(CCNC[C@@H](O)COc2cccc3[nH]c(=O)ccc23)cc1. The number of H-pyrrole nitrogens is 1. The lowest BCUT2D eigenvalue weighted by Gasteiger charge is -2.14. The summed E-state index contributed by atoms with van der Waals surface area (Å²) in [5.41, 5.74) is 1.77. The Morgan fingerprint density at radius 3 is 2.70 bits per heavy atom. The number of methoxy groups -OCH3 is 1. The molecule has 142 valence electrons. The molecule has 2 aromatic carbocycles. The second-order valence-electron chi connectivity index (χ2n) is 6.31. The summed E-state index contributed by atoms with van der Waals surface area (Å²) in [5, 5.41) is 14.2. The first kappa shape index (κ1) is 18.9. The molecular formula is C21H24N2O4. The first-order valence-electron chi connectivity index (χ1n) is 8.92. The van der Waals surface area contributed by atoms with E-state index in [1.807, 2.05) is 42.5 Å². The highest BCUT2D eigenvalue weighted by Gasteiger charge is 2.08. The van der Waals surface area contributed by atoms with Crippen molar-refractivity contribution >= 4 is 10.9 Å². The van der Waals surface area contributed by atoms with Crippen molar-refractivity contribution in [1.29, 1.82) is 0 Å². The van der Waals surface area contributed by atoms with Gasteiger partial charge in [0.25, 0.3) is 0 Å². The van der Waals surface area contributed by atoms with Gasteiger partial charge in [0.2, 0.25) is 5.56 Å². The maximum atomic E-state index is 11.4. The molecule has 0 bridgehead atoms. The third-order valence-electron chi connectivity index (χ3n) is 4.29. The Labute approximate surface area is 157 Å². The highest BCUT2D eigenvalue weighted by molar-refractivity contribution is 5.84. The number of aliphatic hydroxyl groups excluding tert-OH is 1. The van der Waals surface area contributed by atoms with Crippen LogP contribution in [0, 0.1) is 0 Å². The number of rotatable bonds is 9. The summed E-state index contributed by atoms with van der Waals surface area (Å²) in [7, 11) is 1.65. The van der Waals surface area contributed by atoms with Crippen LogP contribution < -0.4 is 20.3 Å². The van der Waals surface area contributed by atoms with Crippen molar-refractivity contribution in [2.24, 2.45) is 0 Å². The van der Waals surface area contributed by atoms with E-state index in [0.717, 1.165) is 24.1 Å². The van der Waals surface area contributed by atoms with Crippen LogP contribution in [0.15, 0.2) is 59.4 Å². The molecule has 27 heavy (non-hydrogen) atoms. The van der Waals surface area contributed by atoms with Crippen LogP contribution in [0.1, 0.15) is 5.56 Å². The van der Waals surface area contributed by atoms with Crippen LogP contribution in [0.3, 0.4) is 0 Å². The number of ether oxygens (including phenoxy) is 2. The van der Waals surface area contributed by atoms with Crippen LogP contribution in [0.4, 0.5) is 0 Å². The van der Waals surface area contributed by atoms with Gasteiger partial charge in [-0.2, -0.15) is 0 Å². The third kappa shape index (κ3) is 5.32. The van der Waals surface area contributed by atoms with Crippen LogP contribution in [0.5, 0.6) is 11.5 Å². The molecule has 0 saturated carbocycles. The molecule has 0 aliphatic heterocycles. The quantitative estimate of drug-likeness (QED) is 0.504. The number of hydrogen-bond acceptors (Lipinski definition) is 5. The van der Waals surface area contributed by atoms with Crippen molar-refractivity contribution in [3.63, 3.8) is 0 Å². The lowest BCUT2D eigenvalue weighted by atomic mass is 10.1. The van der Waals surface area contributed by atoms with Gasteiger partial charge >= 0.3 is 0 Å². The molecule has 3 aromatic rings. The first-order valence-corrected chi connectivity index (χ1v) is 8.92. The fourth-order valence-corrected chi connectivity index (χ4v) is 2.82. The van der Waals surface area contributed by atoms with Crippen molar-refractivity contribution in [2.45, 2.75) is 12.5 Å². The number of aliphatic hydroxyl groups is 1. The predicted octanol–water partition coefficient (Wildman–Crippen LogP) is 2.11. The van der Waals surface area contributed by atoms with Crippen LogP contribution in [-0.4, -0.2) is 43.0 Å². The third-order valence-corrected chi connectivity index (χ3v) is 4.29. The Morgan fingerprint density at radius 2 is 1.93 bits per heavy atom. The van der Waals surface area contributed by atoms with Gasteiger partial charge in [-0.3, -0.25) is 4.79 Å². The minimum atomic E-state index is -0.626. The molecular weight excluding hydrogens is 344 g/mol. The van der Waals surface area contributed by atoms with Gasteiger partial charge in [0.05, 0.1) is 12.6 Å². The molecule has 0 spiro atoms. The molecule has 3 N–H and O–H groups in total. The number of benzene rings is 2. The molecule has 1 heterocycles. The Hall–Kier alpha value is -2.83. The molecule has 1 atom stereocenters. The van der Waals surface area contributed by atoms with Crippen molar-refractivity contribution < 1.29 is 14.6 Å². The van der Waals surface area contributed by atoms with Crippen LogP contribution in [-0.2, 0) is 6.42 Å². The topological polar surface area (TPSA) is 83.6 Å². The molecule has 0 aliphatic carbocycles. The lowest BCUT2D eigenvalue weighted by molar-refractivity contribution is 0.107. The zero-order valence-corrected chi connectivity index (χ0v) is 15.3. The van der Waals surface area contributed by atoms with E-state index in [9.17, 15) is 9.90 Å². The molecule has 0 unspecified atom stereocenters. The number of fused-ring (bicyclic) bond motifs is 1. The molecule has 0 radical (unpaired) electrons. The second-order valence-corrected chi connectivity index (χ2v) is 6.31. The number of nitrogens with one attached hydrogen (secondary N) is 2. The monoisotopic (exact) mass is 368 g/mol. The number of aromatic amines is 1. The summed E-state index contributed by atoms with van der Waals surface area (Å²) in [6.45, 7) is 1.38. The molecule has 0 aliphatic rings. The minimum Gasteiger partial charge on any atom is -0.497 e. The Morgan fingerprint density at radius 1 is 1.11 bits per heavy atom. The van der Waals surface area contributed by atoms with Crippen molar-refractivity contribution in [3.05, 3.63) is 70.5 Å². The van der Waals surface area contributed by atoms with E-state index < -0.39 is 6.10 Å². The van der Waals surface area contributed by atoms with Crippen LogP contribution in [0.2, 0.25) is 0 Å². The van der Waals surface area contributed by atoms with E-state index in [-0.39, 0.29) is 12.2 Å². The number of aromatic nitrogens is 1. The molecule has 0 saturated heterocycles. The summed E-state index contributed by atoms with van der Waals surface area (Å²) in [6.07, 6.45) is 0.243. The average molecular weight is 368 g/mol. The fourth-order valence-electron chi connectivity index (χ4n) is 2.82. The van der Waals surface area contributed by atoms with Gasteiger partial charge in [-0.1, -0.05) is 18.2 Å². The van der Waals surface area contributed by atoms with E-state index in [1.165, 1.54) is 11.6 Å². The van der Waals surface area contributed by atoms with E-state index in [4.69, 9.17) is 9.47 Å². The normalized spacial score (nSPS) is 12.1. The smallest absolute Gasteiger partial charge is 0.248 e. The van der Waals surface area contributed by atoms with Crippen molar-refractivity contribution in [1.82, 2.24) is 10.3 Å². The maximum absolute atomic E-state index is 11.4. The van der Waals surface area contributed by atoms with Crippen molar-refractivity contribution in [2.75, 3.05) is 26.8 Å². The largest absolute Gasteiger partial charge is 0.497 e. The number of hydrogen-bond donors (Lipinski definition) is 3. The highest BCUT2D eigenvalue weighted by atomic mass is 16.5. The molecule has 0 fully saturated rings. The van der Waals surface area contributed by atoms with E-state index in [0.29, 0.717) is 17.8 Å². The summed E-state index contributed by atoms with van der Waals surface area (Å²) in [5.74, 6) is 1.48. The van der Waals surface area contributed by atoms with Gasteiger partial charge in [-0.05, 0) is 48.9 Å². The summed E-state index contributed by atoms with van der Waals surface area (Å²) in [4.78, 5) is 14.2. The van der Waals surface area contributed by atoms with Gasteiger partial charge in [-0.15, -0.1) is 0 Å². The lowest BCUT2D eigenvalue weighted by Crippen LogP contribution is -2.32. The number of pyridine rings is 1. The molecule has 3 rings (SSSR count). The van der Waals surface area contributed by atoms with Crippen molar-refractivity contribution in [3.8, 4) is 11.5 Å². The highest BCUT2D eigenvalue weighted by Crippen LogP contribution is 2.22. The Kier molecular flexibility index (Phi) is 6.46. The average Bonchev–Trinajstić information content (AvgIpc) is 2.69. The summed E-state index contributed by atoms with van der Waals surface area (Å²) in [6, 6.07) is 16.6. The van der Waals surface area contributed by atoms with E-state index in [2.05, 4.69) is 10.3 Å². The van der Waals surface area contributed by atoms with E-state index in [1.54, 1.807) is 13.2 Å². The summed E-state index contributed by atoms with van der Waals surface area (Å²) >= 11 is 0. The van der Waals surface area contributed by atoms with Gasteiger partial charge in [-0.25, -0.2) is 0 Å². The molecule has 6 heteroatoms. The zero-order valence-electron chi connectivity index (χ0n) is 15.3. The standard InChI is InChI=1S/C21H24N2O4/c1-26-17-7-5-15(6-8-17)11-12-22-13-16(24)14-27-20-4-2-3-19-18(20)9-10-21(25)23-19/h2-10,16,22,24H,11-14H2,1H3,(H,23,25)/t16-/m1/s1. The molecule has 1 aromatic heterocycles. The van der Waals surface area contributed by atoms with Gasteiger partial charge in [0.15, 0.2) is 0 Å². The van der Waals surface area contributed by atoms with Gasteiger partial charge in [0, 0.05) is 18.0 Å².